The fourth-order valence-corrected chi connectivity index (χ4v) is 2.26. The van der Waals surface area contributed by atoms with Gasteiger partial charge in [0.25, 0.3) is 5.91 Å². The lowest BCUT2D eigenvalue weighted by molar-refractivity contribution is -0.0328. The van der Waals surface area contributed by atoms with Crippen LogP contribution in [0.1, 0.15) is 10.4 Å². The van der Waals surface area contributed by atoms with Crippen molar-refractivity contribution < 1.29 is 27.2 Å². The Kier molecular flexibility index (Phi) is 5.45. The van der Waals surface area contributed by atoms with Crippen LogP contribution in [0.3, 0.4) is 0 Å². The van der Waals surface area contributed by atoms with Crippen molar-refractivity contribution in [2.24, 2.45) is 0 Å². The van der Waals surface area contributed by atoms with Gasteiger partial charge >= 0.3 is 11.5 Å². The summed E-state index contributed by atoms with van der Waals surface area (Å²) in [5.41, 5.74) is -4.52. The van der Waals surface area contributed by atoms with Crippen molar-refractivity contribution in [1.29, 1.82) is 0 Å². The predicted molar refractivity (Wildman–Crippen MR) is 81.2 cm³/mol. The lowest BCUT2D eigenvalue weighted by Crippen LogP contribution is -2.34. The topological polar surface area (TPSA) is 58.2 Å². The lowest BCUT2D eigenvalue weighted by Gasteiger charge is -2.09. The van der Waals surface area contributed by atoms with Crippen LogP contribution < -0.4 is 10.6 Å². The molecule has 0 heterocycles. The molecule has 0 atom stereocenters. The minimum Gasteiger partial charge on any atom is -0.308 e. The number of rotatable bonds is 3. The van der Waals surface area contributed by atoms with Crippen LogP contribution in [0.4, 0.5) is 28.0 Å². The third-order valence-electron chi connectivity index (χ3n) is 2.69. The van der Waals surface area contributed by atoms with Crippen LogP contribution in [-0.4, -0.2) is 17.4 Å². The number of benzene rings is 2. The molecular formula is C15H10F4N2O2S. The molecule has 9 heteroatoms. The normalized spacial score (nSPS) is 11.0. The van der Waals surface area contributed by atoms with Crippen LogP contribution in [0.15, 0.2) is 53.4 Å². The van der Waals surface area contributed by atoms with E-state index in [0.29, 0.717) is 0 Å². The smallest absolute Gasteiger partial charge is 0.308 e. The van der Waals surface area contributed by atoms with Crippen molar-refractivity contribution in [2.45, 2.75) is 10.4 Å². The largest absolute Gasteiger partial charge is 0.446 e. The Bertz CT molecular complexity index is 748. The van der Waals surface area contributed by atoms with Gasteiger partial charge in [0, 0.05) is 10.6 Å². The zero-order valence-electron chi connectivity index (χ0n) is 11.9. The lowest BCUT2D eigenvalue weighted by atomic mass is 10.2. The second-order valence-corrected chi connectivity index (χ2v) is 5.60. The molecule has 3 amide bonds. The van der Waals surface area contributed by atoms with E-state index in [1.807, 2.05) is 5.32 Å². The molecule has 0 bridgehead atoms. The van der Waals surface area contributed by atoms with E-state index in [1.54, 1.807) is 0 Å². The SMILES string of the molecule is O=C(NC(=O)c1ccccc1F)Nc1ccc(SC(F)(F)F)cc1. The van der Waals surface area contributed by atoms with Crippen LogP contribution >= 0.6 is 11.8 Å². The minimum absolute atomic E-state index is 0.0455. The van der Waals surface area contributed by atoms with Crippen molar-refractivity contribution in [3.63, 3.8) is 0 Å². The fourth-order valence-electron chi connectivity index (χ4n) is 1.72. The Labute approximate surface area is 138 Å². The number of alkyl halides is 3. The monoisotopic (exact) mass is 358 g/mol. The minimum atomic E-state index is -4.40. The van der Waals surface area contributed by atoms with Crippen LogP contribution in [0, 0.1) is 5.82 Å². The van der Waals surface area contributed by atoms with Crippen LogP contribution in [-0.2, 0) is 0 Å². The molecule has 0 aliphatic carbocycles. The molecule has 0 unspecified atom stereocenters. The average Bonchev–Trinajstić information content (AvgIpc) is 2.48. The summed E-state index contributed by atoms with van der Waals surface area (Å²) >= 11 is -0.286. The van der Waals surface area contributed by atoms with E-state index in [0.717, 1.165) is 6.07 Å². The first-order valence-electron chi connectivity index (χ1n) is 6.47. The third-order valence-corrected chi connectivity index (χ3v) is 3.43. The zero-order chi connectivity index (χ0) is 17.7. The maximum atomic E-state index is 13.4. The maximum absolute atomic E-state index is 13.4. The first kappa shape index (κ1) is 17.8. The van der Waals surface area contributed by atoms with E-state index < -0.39 is 23.3 Å². The molecule has 0 fully saturated rings. The summed E-state index contributed by atoms with van der Waals surface area (Å²) in [5.74, 6) is -1.72. The molecular weight excluding hydrogens is 348 g/mol. The first-order valence-corrected chi connectivity index (χ1v) is 7.29. The summed E-state index contributed by atoms with van der Waals surface area (Å²) in [4.78, 5) is 23.4. The van der Waals surface area contributed by atoms with Gasteiger partial charge in [0.2, 0.25) is 0 Å². The van der Waals surface area contributed by atoms with Crippen molar-refractivity contribution in [3.8, 4) is 0 Å². The van der Waals surface area contributed by atoms with Gasteiger partial charge in [0.1, 0.15) is 5.82 Å². The molecule has 0 saturated carbocycles. The van der Waals surface area contributed by atoms with Gasteiger partial charge in [0.05, 0.1) is 5.56 Å². The van der Waals surface area contributed by atoms with Gasteiger partial charge in [0.15, 0.2) is 0 Å². The van der Waals surface area contributed by atoms with Gasteiger partial charge in [-0.1, -0.05) is 12.1 Å². The predicted octanol–water partition coefficient (Wildman–Crippen LogP) is 4.40. The molecule has 0 radical (unpaired) electrons. The van der Waals surface area contributed by atoms with Crippen LogP contribution in [0.5, 0.6) is 0 Å². The molecule has 0 aliphatic heterocycles. The van der Waals surface area contributed by atoms with E-state index in [9.17, 15) is 27.2 Å². The Balaban J connectivity index is 1.95. The number of carbonyl (C=O) groups excluding carboxylic acids is 2. The van der Waals surface area contributed by atoms with Crippen molar-refractivity contribution in [1.82, 2.24) is 5.32 Å². The first-order chi connectivity index (χ1) is 11.2. The molecule has 126 valence electrons. The summed E-state index contributed by atoms with van der Waals surface area (Å²) < 4.78 is 50.0. The summed E-state index contributed by atoms with van der Waals surface area (Å²) in [5, 5.41) is 4.19. The zero-order valence-corrected chi connectivity index (χ0v) is 12.7. The van der Waals surface area contributed by atoms with Crippen LogP contribution in [0.2, 0.25) is 0 Å². The van der Waals surface area contributed by atoms with Gasteiger partial charge in [-0.15, -0.1) is 0 Å². The second kappa shape index (κ2) is 7.35. The van der Waals surface area contributed by atoms with E-state index in [2.05, 4.69) is 5.32 Å². The molecule has 0 aliphatic rings. The number of amides is 3. The number of thioether (sulfide) groups is 1. The van der Waals surface area contributed by atoms with E-state index in [1.165, 1.54) is 42.5 Å². The number of halogens is 4. The van der Waals surface area contributed by atoms with Crippen molar-refractivity contribution >= 4 is 29.4 Å². The molecule has 0 saturated heterocycles. The highest BCUT2D eigenvalue weighted by molar-refractivity contribution is 8.00. The highest BCUT2D eigenvalue weighted by Crippen LogP contribution is 2.36. The van der Waals surface area contributed by atoms with Crippen molar-refractivity contribution in [3.05, 3.63) is 59.9 Å². The van der Waals surface area contributed by atoms with E-state index in [-0.39, 0.29) is 27.9 Å². The number of anilines is 1. The highest BCUT2D eigenvalue weighted by Gasteiger charge is 2.29. The number of carbonyl (C=O) groups is 2. The highest BCUT2D eigenvalue weighted by atomic mass is 32.2. The van der Waals surface area contributed by atoms with Gasteiger partial charge in [-0.3, -0.25) is 10.1 Å². The number of hydrogen-bond acceptors (Lipinski definition) is 3. The molecule has 0 spiro atoms. The summed E-state index contributed by atoms with van der Waals surface area (Å²) in [7, 11) is 0. The van der Waals surface area contributed by atoms with Gasteiger partial charge in [-0.05, 0) is 48.2 Å². The van der Waals surface area contributed by atoms with Crippen LogP contribution in [0.25, 0.3) is 0 Å². The molecule has 2 aromatic carbocycles. The molecule has 2 rings (SSSR count). The Morgan fingerprint density at radius 2 is 1.58 bits per heavy atom. The molecule has 24 heavy (non-hydrogen) atoms. The number of imide groups is 1. The number of urea groups is 1. The Hall–Kier alpha value is -2.55. The number of nitrogens with one attached hydrogen (secondary N) is 2. The summed E-state index contributed by atoms with van der Waals surface area (Å²) in [6.45, 7) is 0. The molecule has 2 N–H and O–H groups in total. The summed E-state index contributed by atoms with van der Waals surface area (Å²) in [6, 6.07) is 9.03. The standard InChI is InChI=1S/C15H10F4N2O2S/c16-12-4-2-1-3-11(12)13(22)21-14(23)20-9-5-7-10(8-6-9)24-15(17,18)19/h1-8H,(H2,20,21,22,23). The number of hydrogen-bond donors (Lipinski definition) is 2. The summed E-state index contributed by atoms with van der Waals surface area (Å²) in [6.07, 6.45) is 0. The molecule has 4 nitrogen and oxygen atoms in total. The van der Waals surface area contributed by atoms with Gasteiger partial charge in [-0.25, -0.2) is 9.18 Å². The molecule has 0 aromatic heterocycles. The molecule has 2 aromatic rings. The fraction of sp³-hybridized carbons (Fsp3) is 0.0667. The maximum Gasteiger partial charge on any atom is 0.446 e. The van der Waals surface area contributed by atoms with Gasteiger partial charge < -0.3 is 5.32 Å². The quantitative estimate of drug-likeness (QED) is 0.632. The van der Waals surface area contributed by atoms with E-state index >= 15 is 0 Å². The van der Waals surface area contributed by atoms with Crippen molar-refractivity contribution in [2.75, 3.05) is 5.32 Å². The van der Waals surface area contributed by atoms with E-state index in [4.69, 9.17) is 0 Å². The second-order valence-electron chi connectivity index (χ2n) is 4.46. The average molecular weight is 358 g/mol. The Morgan fingerprint density at radius 1 is 0.958 bits per heavy atom. The third kappa shape index (κ3) is 5.27. The van der Waals surface area contributed by atoms with Gasteiger partial charge in [-0.2, -0.15) is 13.2 Å². The Morgan fingerprint density at radius 3 is 2.17 bits per heavy atom.